The highest BCUT2D eigenvalue weighted by Crippen LogP contribution is 2.25. The smallest absolute Gasteiger partial charge is 0.142 e. The van der Waals surface area contributed by atoms with Gasteiger partial charge in [0.1, 0.15) is 11.8 Å². The predicted molar refractivity (Wildman–Crippen MR) is 67.7 cm³/mol. The third-order valence-electron chi connectivity index (χ3n) is 3.28. The number of piperidine rings is 1. The molecule has 1 aliphatic rings. The topological polar surface area (TPSA) is 60.7 Å². The molecule has 2 heterocycles. The van der Waals surface area contributed by atoms with E-state index in [9.17, 15) is 0 Å². The van der Waals surface area contributed by atoms with E-state index in [0.717, 1.165) is 25.3 Å². The van der Waals surface area contributed by atoms with Gasteiger partial charge in [-0.25, -0.2) is 4.98 Å². The van der Waals surface area contributed by atoms with Crippen LogP contribution in [0.3, 0.4) is 0 Å². The Kier molecular flexibility index (Phi) is 3.60. The summed E-state index contributed by atoms with van der Waals surface area (Å²) in [6.07, 6.45) is 4.14. The van der Waals surface area contributed by atoms with Crippen LogP contribution in [0.2, 0.25) is 0 Å². The Bertz CT molecular complexity index is 416. The summed E-state index contributed by atoms with van der Waals surface area (Å²) in [6.45, 7) is 5.40. The number of anilines is 1. The van der Waals surface area contributed by atoms with Crippen molar-refractivity contribution in [2.45, 2.75) is 19.8 Å². The van der Waals surface area contributed by atoms with Crippen molar-refractivity contribution in [1.82, 2.24) is 10.3 Å². The minimum absolute atomic E-state index is 0.300. The fourth-order valence-corrected chi connectivity index (χ4v) is 2.19. The molecule has 17 heavy (non-hydrogen) atoms. The molecule has 1 aliphatic heterocycles. The summed E-state index contributed by atoms with van der Waals surface area (Å²) in [5.74, 6) is 0. The van der Waals surface area contributed by atoms with Gasteiger partial charge in [0, 0.05) is 25.0 Å². The zero-order valence-corrected chi connectivity index (χ0v) is 10.2. The SMILES string of the molecule is CC1(CNc2ccnc(C#N)c2)CCCNC1. The van der Waals surface area contributed by atoms with Gasteiger partial charge in [-0.05, 0) is 36.9 Å². The zero-order chi connectivity index (χ0) is 12.1. The molecule has 2 rings (SSSR count). The Hall–Kier alpha value is -1.60. The van der Waals surface area contributed by atoms with Crippen LogP contribution in [0, 0.1) is 16.7 Å². The molecule has 1 aromatic heterocycles. The lowest BCUT2D eigenvalue weighted by molar-refractivity contribution is 0.253. The number of pyridine rings is 1. The first-order valence-electron chi connectivity index (χ1n) is 6.03. The standard InChI is InChI=1S/C13H18N4/c1-13(4-2-5-15-9-13)10-17-11-3-6-16-12(7-11)8-14/h3,6-7,15H,2,4-5,9-10H2,1H3,(H,16,17). The van der Waals surface area contributed by atoms with Gasteiger partial charge >= 0.3 is 0 Å². The fraction of sp³-hybridized carbons (Fsp3) is 0.538. The van der Waals surface area contributed by atoms with E-state index in [1.165, 1.54) is 12.8 Å². The second-order valence-corrected chi connectivity index (χ2v) is 4.99. The number of rotatable bonds is 3. The average molecular weight is 230 g/mol. The summed E-state index contributed by atoms with van der Waals surface area (Å²) in [5, 5.41) is 15.6. The number of nitrogens with zero attached hydrogens (tertiary/aromatic N) is 2. The summed E-state index contributed by atoms with van der Waals surface area (Å²) in [6, 6.07) is 5.75. The van der Waals surface area contributed by atoms with E-state index >= 15 is 0 Å². The highest BCUT2D eigenvalue weighted by molar-refractivity contribution is 5.46. The molecule has 1 atom stereocenters. The molecule has 0 aliphatic carbocycles. The van der Waals surface area contributed by atoms with Crippen molar-refractivity contribution >= 4 is 5.69 Å². The molecule has 0 radical (unpaired) electrons. The zero-order valence-electron chi connectivity index (χ0n) is 10.2. The Labute approximate surface area is 102 Å². The van der Waals surface area contributed by atoms with Crippen molar-refractivity contribution < 1.29 is 0 Å². The second-order valence-electron chi connectivity index (χ2n) is 4.99. The average Bonchev–Trinajstić information content (AvgIpc) is 2.38. The van der Waals surface area contributed by atoms with Crippen LogP contribution in [-0.4, -0.2) is 24.6 Å². The number of nitriles is 1. The van der Waals surface area contributed by atoms with E-state index < -0.39 is 0 Å². The van der Waals surface area contributed by atoms with Crippen molar-refractivity contribution in [2.24, 2.45) is 5.41 Å². The first-order valence-corrected chi connectivity index (χ1v) is 6.03. The lowest BCUT2D eigenvalue weighted by Crippen LogP contribution is -2.42. The quantitative estimate of drug-likeness (QED) is 0.830. The van der Waals surface area contributed by atoms with Crippen LogP contribution < -0.4 is 10.6 Å². The molecule has 90 valence electrons. The van der Waals surface area contributed by atoms with Crippen LogP contribution >= 0.6 is 0 Å². The number of hydrogen-bond donors (Lipinski definition) is 2. The van der Waals surface area contributed by atoms with E-state index in [1.54, 1.807) is 12.3 Å². The molecule has 0 saturated carbocycles. The van der Waals surface area contributed by atoms with Crippen molar-refractivity contribution in [1.29, 1.82) is 5.26 Å². The molecular formula is C13H18N4. The van der Waals surface area contributed by atoms with Gasteiger partial charge in [-0.15, -0.1) is 0 Å². The van der Waals surface area contributed by atoms with Crippen LogP contribution in [0.4, 0.5) is 5.69 Å². The summed E-state index contributed by atoms with van der Waals surface area (Å²) in [4.78, 5) is 3.96. The summed E-state index contributed by atoms with van der Waals surface area (Å²) in [5.41, 5.74) is 1.74. The van der Waals surface area contributed by atoms with Gasteiger partial charge in [0.2, 0.25) is 0 Å². The fourth-order valence-electron chi connectivity index (χ4n) is 2.19. The molecule has 1 aromatic rings. The van der Waals surface area contributed by atoms with E-state index in [4.69, 9.17) is 5.26 Å². The molecule has 4 nitrogen and oxygen atoms in total. The monoisotopic (exact) mass is 230 g/mol. The lowest BCUT2D eigenvalue weighted by atomic mass is 9.83. The first kappa shape index (κ1) is 11.9. The van der Waals surface area contributed by atoms with Crippen LogP contribution in [0.5, 0.6) is 0 Å². The highest BCUT2D eigenvalue weighted by atomic mass is 14.9. The molecule has 0 spiro atoms. The molecule has 1 saturated heterocycles. The summed E-state index contributed by atoms with van der Waals surface area (Å²) in [7, 11) is 0. The minimum Gasteiger partial charge on any atom is -0.384 e. The molecule has 0 amide bonds. The first-order chi connectivity index (χ1) is 8.22. The Morgan fingerprint density at radius 2 is 2.53 bits per heavy atom. The molecule has 0 aromatic carbocycles. The van der Waals surface area contributed by atoms with Gasteiger partial charge in [0.15, 0.2) is 0 Å². The second kappa shape index (κ2) is 5.15. The van der Waals surface area contributed by atoms with E-state index in [1.807, 2.05) is 6.07 Å². The van der Waals surface area contributed by atoms with Gasteiger partial charge in [0.25, 0.3) is 0 Å². The Morgan fingerprint density at radius 1 is 1.65 bits per heavy atom. The van der Waals surface area contributed by atoms with Gasteiger partial charge in [0.05, 0.1) is 0 Å². The lowest BCUT2D eigenvalue weighted by Gasteiger charge is -2.34. The van der Waals surface area contributed by atoms with E-state index in [2.05, 4.69) is 28.6 Å². The Balaban J connectivity index is 1.95. The third-order valence-corrected chi connectivity index (χ3v) is 3.28. The van der Waals surface area contributed by atoms with Gasteiger partial charge in [-0.1, -0.05) is 6.92 Å². The van der Waals surface area contributed by atoms with Crippen LogP contribution in [0.1, 0.15) is 25.5 Å². The predicted octanol–water partition coefficient (Wildman–Crippen LogP) is 1.75. The van der Waals surface area contributed by atoms with Crippen LogP contribution in [0.15, 0.2) is 18.3 Å². The van der Waals surface area contributed by atoms with E-state index in [-0.39, 0.29) is 0 Å². The number of aromatic nitrogens is 1. The van der Waals surface area contributed by atoms with Crippen molar-refractivity contribution in [3.8, 4) is 6.07 Å². The maximum Gasteiger partial charge on any atom is 0.142 e. The molecule has 2 N–H and O–H groups in total. The van der Waals surface area contributed by atoms with Crippen LogP contribution in [0.25, 0.3) is 0 Å². The summed E-state index contributed by atoms with van der Waals surface area (Å²) < 4.78 is 0. The highest BCUT2D eigenvalue weighted by Gasteiger charge is 2.26. The molecule has 1 unspecified atom stereocenters. The van der Waals surface area contributed by atoms with Crippen molar-refractivity contribution in [3.63, 3.8) is 0 Å². The normalized spacial score (nSPS) is 24.0. The van der Waals surface area contributed by atoms with Crippen molar-refractivity contribution in [2.75, 3.05) is 25.0 Å². The largest absolute Gasteiger partial charge is 0.384 e. The number of hydrogen-bond acceptors (Lipinski definition) is 4. The van der Waals surface area contributed by atoms with Crippen molar-refractivity contribution in [3.05, 3.63) is 24.0 Å². The maximum atomic E-state index is 8.78. The van der Waals surface area contributed by atoms with Gasteiger partial charge in [-0.2, -0.15) is 5.26 Å². The molecule has 4 heteroatoms. The van der Waals surface area contributed by atoms with Gasteiger partial charge in [-0.3, -0.25) is 0 Å². The van der Waals surface area contributed by atoms with Gasteiger partial charge < -0.3 is 10.6 Å². The summed E-state index contributed by atoms with van der Waals surface area (Å²) >= 11 is 0. The maximum absolute atomic E-state index is 8.78. The van der Waals surface area contributed by atoms with Crippen LogP contribution in [-0.2, 0) is 0 Å². The molecule has 0 bridgehead atoms. The Morgan fingerprint density at radius 3 is 3.24 bits per heavy atom. The van der Waals surface area contributed by atoms with E-state index in [0.29, 0.717) is 11.1 Å². The number of nitrogens with one attached hydrogen (secondary N) is 2. The third kappa shape index (κ3) is 3.18. The minimum atomic E-state index is 0.300. The molecule has 1 fully saturated rings. The molecular weight excluding hydrogens is 212 g/mol.